The molecule has 0 atom stereocenters. The molecule has 158 valence electrons. The Hall–Kier alpha value is -4.06. The fraction of sp³-hybridized carbons (Fsp3) is 0.0769. The molecule has 5 aromatic rings. The molecule has 0 aliphatic heterocycles. The number of benzene rings is 3. The molecule has 5 rings (SSSR count). The van der Waals surface area contributed by atoms with Gasteiger partial charge in [0.05, 0.1) is 17.8 Å². The highest BCUT2D eigenvalue weighted by molar-refractivity contribution is 6.19. The molecule has 0 aliphatic carbocycles. The zero-order chi connectivity index (χ0) is 22.4. The van der Waals surface area contributed by atoms with Crippen molar-refractivity contribution in [2.75, 3.05) is 0 Å². The van der Waals surface area contributed by atoms with Gasteiger partial charge in [-0.2, -0.15) is 0 Å². The molecule has 0 bridgehead atoms. The van der Waals surface area contributed by atoms with Crippen LogP contribution in [0, 0.1) is 11.6 Å². The number of H-pyrrole nitrogens is 1. The van der Waals surface area contributed by atoms with E-state index >= 15 is 4.39 Å². The lowest BCUT2D eigenvalue weighted by Crippen LogP contribution is -2.12. The number of ketones is 1. The maximum absolute atomic E-state index is 15.1. The molecular formula is C26H18F2N2O2. The summed E-state index contributed by atoms with van der Waals surface area (Å²) in [6.45, 7) is 1.41. The summed E-state index contributed by atoms with van der Waals surface area (Å²) < 4.78 is 31.2. The number of nitrogens with one attached hydrogen (secondary N) is 1. The molecule has 0 aliphatic rings. The minimum Gasteiger partial charge on any atom is -0.333 e. The van der Waals surface area contributed by atoms with E-state index in [1.165, 1.54) is 25.3 Å². The first kappa shape index (κ1) is 19.9. The zero-order valence-corrected chi connectivity index (χ0v) is 17.2. The molecule has 0 saturated heterocycles. The van der Waals surface area contributed by atoms with E-state index in [4.69, 9.17) is 0 Å². The van der Waals surface area contributed by atoms with E-state index in [-0.39, 0.29) is 23.6 Å². The molecule has 2 aromatic heterocycles. The summed E-state index contributed by atoms with van der Waals surface area (Å²) in [6, 6.07) is 17.8. The number of fused-ring (bicyclic) bond motifs is 3. The SMILES string of the molecule is CC(=O)c1c(-c2ccc[nH]c2=O)c2c3ccccc3c(F)cc2n1Cc1ccccc1F. The molecule has 6 heteroatoms. The second kappa shape index (κ2) is 7.57. The van der Waals surface area contributed by atoms with Crippen LogP contribution in [-0.4, -0.2) is 15.3 Å². The van der Waals surface area contributed by atoms with Crippen molar-refractivity contribution in [2.45, 2.75) is 13.5 Å². The molecule has 2 heterocycles. The highest BCUT2D eigenvalue weighted by Gasteiger charge is 2.26. The Morgan fingerprint density at radius 1 is 0.938 bits per heavy atom. The van der Waals surface area contributed by atoms with Crippen molar-refractivity contribution in [3.05, 3.63) is 106 Å². The molecule has 32 heavy (non-hydrogen) atoms. The summed E-state index contributed by atoms with van der Waals surface area (Å²) in [4.78, 5) is 28.3. The number of hydrogen-bond donors (Lipinski definition) is 1. The van der Waals surface area contributed by atoms with Crippen LogP contribution < -0.4 is 5.56 Å². The molecule has 0 saturated carbocycles. The number of Topliss-reactive ketones (excluding diaryl/α,β-unsaturated/α-hetero) is 1. The van der Waals surface area contributed by atoms with Gasteiger partial charge in [-0.3, -0.25) is 9.59 Å². The van der Waals surface area contributed by atoms with Crippen molar-refractivity contribution in [2.24, 2.45) is 0 Å². The van der Waals surface area contributed by atoms with Crippen molar-refractivity contribution >= 4 is 27.5 Å². The van der Waals surface area contributed by atoms with E-state index in [0.717, 1.165) is 0 Å². The molecule has 4 nitrogen and oxygen atoms in total. The van der Waals surface area contributed by atoms with E-state index in [1.54, 1.807) is 59.2 Å². The smallest absolute Gasteiger partial charge is 0.255 e. The molecule has 3 aromatic carbocycles. The Kier molecular flexibility index (Phi) is 4.70. The van der Waals surface area contributed by atoms with Gasteiger partial charge in [-0.05, 0) is 29.7 Å². The summed E-state index contributed by atoms with van der Waals surface area (Å²) in [5, 5.41) is 1.54. The van der Waals surface area contributed by atoms with E-state index in [1.807, 2.05) is 0 Å². The highest BCUT2D eigenvalue weighted by Crippen LogP contribution is 2.40. The van der Waals surface area contributed by atoms with Gasteiger partial charge < -0.3 is 9.55 Å². The normalized spacial score (nSPS) is 11.3. The van der Waals surface area contributed by atoms with Gasteiger partial charge in [0.15, 0.2) is 5.78 Å². The van der Waals surface area contributed by atoms with Crippen molar-refractivity contribution in [3.63, 3.8) is 0 Å². The fourth-order valence-electron chi connectivity index (χ4n) is 4.37. The molecular weight excluding hydrogens is 410 g/mol. The number of hydrogen-bond acceptors (Lipinski definition) is 2. The van der Waals surface area contributed by atoms with Gasteiger partial charge in [0.25, 0.3) is 5.56 Å². The molecule has 0 spiro atoms. The van der Waals surface area contributed by atoms with Crippen molar-refractivity contribution in [1.82, 2.24) is 9.55 Å². The number of aromatic amines is 1. The molecule has 0 amide bonds. The van der Waals surface area contributed by atoms with E-state index in [9.17, 15) is 14.0 Å². The number of halogens is 2. The lowest BCUT2D eigenvalue weighted by Gasteiger charge is -2.11. The van der Waals surface area contributed by atoms with Crippen LogP contribution in [0.25, 0.3) is 32.8 Å². The fourth-order valence-corrected chi connectivity index (χ4v) is 4.37. The van der Waals surface area contributed by atoms with Gasteiger partial charge in [0, 0.05) is 40.6 Å². The highest BCUT2D eigenvalue weighted by atomic mass is 19.1. The maximum Gasteiger partial charge on any atom is 0.255 e. The third kappa shape index (κ3) is 3.03. The average molecular weight is 428 g/mol. The first-order chi connectivity index (χ1) is 15.5. The minimum absolute atomic E-state index is 0.0145. The Morgan fingerprint density at radius 3 is 2.38 bits per heavy atom. The summed E-state index contributed by atoms with van der Waals surface area (Å²) in [7, 11) is 0. The number of nitrogens with zero attached hydrogens (tertiary/aromatic N) is 1. The van der Waals surface area contributed by atoms with Gasteiger partial charge in [0.2, 0.25) is 0 Å². The first-order valence-corrected chi connectivity index (χ1v) is 10.1. The third-order valence-electron chi connectivity index (χ3n) is 5.73. The van der Waals surface area contributed by atoms with Crippen molar-refractivity contribution in [1.29, 1.82) is 0 Å². The van der Waals surface area contributed by atoms with Crippen LogP contribution in [0.5, 0.6) is 0 Å². The summed E-state index contributed by atoms with van der Waals surface area (Å²) >= 11 is 0. The Balaban J connectivity index is 1.99. The summed E-state index contributed by atoms with van der Waals surface area (Å²) in [5.74, 6) is -1.19. The standard InChI is InChI=1S/C26H18F2N2O2/c1-15(31)25-24(19-10-6-12-29-26(19)32)23-18-9-4-3-8-17(18)21(28)13-22(23)30(25)14-16-7-2-5-11-20(16)27/h2-13H,14H2,1H3,(H,29,32). The topological polar surface area (TPSA) is 54.9 Å². The van der Waals surface area contributed by atoms with Crippen molar-refractivity contribution in [3.8, 4) is 11.1 Å². The van der Waals surface area contributed by atoms with Crippen LogP contribution >= 0.6 is 0 Å². The van der Waals surface area contributed by atoms with E-state index < -0.39 is 11.6 Å². The predicted octanol–water partition coefficient (Wildman–Crippen LogP) is 5.68. The number of aromatic nitrogens is 2. The first-order valence-electron chi connectivity index (χ1n) is 10.1. The quantitative estimate of drug-likeness (QED) is 0.375. The summed E-state index contributed by atoms with van der Waals surface area (Å²) in [6.07, 6.45) is 1.51. The van der Waals surface area contributed by atoms with Gasteiger partial charge >= 0.3 is 0 Å². The number of rotatable bonds is 4. The van der Waals surface area contributed by atoms with Crippen LogP contribution in [0.2, 0.25) is 0 Å². The van der Waals surface area contributed by atoms with Crippen LogP contribution in [-0.2, 0) is 6.54 Å². The zero-order valence-electron chi connectivity index (χ0n) is 17.2. The Labute approximate surface area is 181 Å². The second-order valence-electron chi connectivity index (χ2n) is 7.67. The lowest BCUT2D eigenvalue weighted by molar-refractivity contribution is 0.101. The van der Waals surface area contributed by atoms with E-state index in [2.05, 4.69) is 4.98 Å². The number of carbonyl (C=O) groups is 1. The Bertz CT molecular complexity index is 1580. The van der Waals surface area contributed by atoms with Crippen LogP contribution in [0.15, 0.2) is 77.7 Å². The number of pyridine rings is 1. The van der Waals surface area contributed by atoms with Crippen molar-refractivity contribution < 1.29 is 13.6 Å². The number of carbonyl (C=O) groups excluding carboxylic acids is 1. The van der Waals surface area contributed by atoms with Gasteiger partial charge in [0.1, 0.15) is 11.6 Å². The predicted molar refractivity (Wildman–Crippen MR) is 121 cm³/mol. The minimum atomic E-state index is -0.455. The van der Waals surface area contributed by atoms with Gasteiger partial charge in [-0.1, -0.05) is 42.5 Å². The molecule has 0 radical (unpaired) electrons. The van der Waals surface area contributed by atoms with E-state index in [0.29, 0.717) is 38.4 Å². The van der Waals surface area contributed by atoms with Gasteiger partial charge in [-0.25, -0.2) is 8.78 Å². The average Bonchev–Trinajstić information content (AvgIpc) is 3.10. The largest absolute Gasteiger partial charge is 0.333 e. The monoisotopic (exact) mass is 428 g/mol. The second-order valence-corrected chi connectivity index (χ2v) is 7.67. The van der Waals surface area contributed by atoms with Crippen LogP contribution in [0.3, 0.4) is 0 Å². The molecule has 0 unspecified atom stereocenters. The molecule has 0 fully saturated rings. The Morgan fingerprint density at radius 2 is 1.66 bits per heavy atom. The third-order valence-corrected chi connectivity index (χ3v) is 5.73. The summed E-state index contributed by atoms with van der Waals surface area (Å²) in [5.41, 5.74) is 1.36. The lowest BCUT2D eigenvalue weighted by atomic mass is 9.97. The maximum atomic E-state index is 15.1. The van der Waals surface area contributed by atoms with Crippen LogP contribution in [0.4, 0.5) is 8.78 Å². The molecule has 1 N–H and O–H groups in total. The van der Waals surface area contributed by atoms with Gasteiger partial charge in [-0.15, -0.1) is 0 Å². The van der Waals surface area contributed by atoms with Crippen LogP contribution in [0.1, 0.15) is 23.0 Å².